The third-order valence-electron chi connectivity index (χ3n) is 2.58. The van der Waals surface area contributed by atoms with E-state index in [2.05, 4.69) is 10.6 Å². The molecule has 2 aliphatic rings. The van der Waals surface area contributed by atoms with Crippen LogP contribution >= 0.6 is 0 Å². The van der Waals surface area contributed by atoms with Gasteiger partial charge < -0.3 is 10.6 Å². The Labute approximate surface area is 56.0 Å². The lowest BCUT2D eigenvalue weighted by Gasteiger charge is -2.24. The molecule has 2 atom stereocenters. The molecule has 0 aromatic carbocycles. The van der Waals surface area contributed by atoms with Gasteiger partial charge in [-0.25, -0.2) is 0 Å². The van der Waals surface area contributed by atoms with Crippen LogP contribution in [-0.2, 0) is 0 Å². The number of rotatable bonds is 0. The molecule has 0 radical (unpaired) electrons. The monoisotopic (exact) mass is 126 g/mol. The summed E-state index contributed by atoms with van der Waals surface area (Å²) in [5.74, 6) is 1.94. The molecule has 2 fully saturated rings. The molecular formula is C7H14N2. The Bertz CT molecular complexity index is 91.1. The molecule has 2 saturated heterocycles. The van der Waals surface area contributed by atoms with E-state index >= 15 is 0 Å². The first kappa shape index (κ1) is 5.69. The number of nitrogens with one attached hydrogen (secondary N) is 2. The molecule has 0 saturated carbocycles. The quantitative estimate of drug-likeness (QED) is 0.470. The third-order valence-corrected chi connectivity index (χ3v) is 2.58. The van der Waals surface area contributed by atoms with Gasteiger partial charge in [-0.3, -0.25) is 0 Å². The highest BCUT2D eigenvalue weighted by atomic mass is 15.0. The fourth-order valence-corrected chi connectivity index (χ4v) is 1.94. The van der Waals surface area contributed by atoms with Crippen molar-refractivity contribution < 1.29 is 0 Å². The normalized spacial score (nSPS) is 42.7. The highest BCUT2D eigenvalue weighted by molar-refractivity contribution is 4.85. The first-order valence-electron chi connectivity index (χ1n) is 3.88. The van der Waals surface area contributed by atoms with E-state index in [1.165, 1.54) is 32.6 Å². The van der Waals surface area contributed by atoms with Crippen LogP contribution in [0.3, 0.4) is 0 Å². The molecule has 0 amide bonds. The van der Waals surface area contributed by atoms with Crippen LogP contribution in [0.2, 0.25) is 0 Å². The van der Waals surface area contributed by atoms with E-state index in [1.54, 1.807) is 0 Å². The first-order valence-corrected chi connectivity index (χ1v) is 3.88. The minimum absolute atomic E-state index is 0.943. The van der Waals surface area contributed by atoms with Crippen molar-refractivity contribution in [2.45, 2.75) is 6.42 Å². The Kier molecular flexibility index (Phi) is 1.44. The summed E-state index contributed by atoms with van der Waals surface area (Å²) in [4.78, 5) is 0. The standard InChI is InChI=1S/C7H14N2/c1-2-8-4-7-5-9-3-6(1)7/h6-9H,1-5H2/t6-,7+/m0/s1. The van der Waals surface area contributed by atoms with Crippen LogP contribution in [0.1, 0.15) is 6.42 Å². The van der Waals surface area contributed by atoms with Gasteiger partial charge in [0.15, 0.2) is 0 Å². The molecule has 0 aliphatic carbocycles. The molecule has 2 heteroatoms. The highest BCUT2D eigenvalue weighted by Gasteiger charge is 2.28. The molecule has 2 heterocycles. The van der Waals surface area contributed by atoms with E-state index in [0.717, 1.165) is 11.8 Å². The van der Waals surface area contributed by atoms with Crippen LogP contribution in [0, 0.1) is 11.8 Å². The maximum atomic E-state index is 3.42. The van der Waals surface area contributed by atoms with Crippen molar-refractivity contribution in [3.63, 3.8) is 0 Å². The molecule has 2 N–H and O–H groups in total. The molecule has 0 bridgehead atoms. The Morgan fingerprint density at radius 2 is 1.67 bits per heavy atom. The lowest BCUT2D eigenvalue weighted by Crippen LogP contribution is -2.35. The SMILES string of the molecule is C1C[C@H]2CNC[C@H]2CN1. The van der Waals surface area contributed by atoms with Crippen LogP contribution in [-0.4, -0.2) is 26.2 Å². The number of fused-ring (bicyclic) bond motifs is 1. The summed E-state index contributed by atoms with van der Waals surface area (Å²) in [5.41, 5.74) is 0. The van der Waals surface area contributed by atoms with E-state index in [-0.39, 0.29) is 0 Å². The maximum absolute atomic E-state index is 3.42. The van der Waals surface area contributed by atoms with Crippen LogP contribution < -0.4 is 10.6 Å². The van der Waals surface area contributed by atoms with Gasteiger partial charge in [-0.1, -0.05) is 0 Å². The average Bonchev–Trinajstić information content (AvgIpc) is 2.33. The molecule has 9 heavy (non-hydrogen) atoms. The van der Waals surface area contributed by atoms with Crippen LogP contribution in [0.15, 0.2) is 0 Å². The highest BCUT2D eigenvalue weighted by Crippen LogP contribution is 2.21. The van der Waals surface area contributed by atoms with Gasteiger partial charge in [0.1, 0.15) is 0 Å². The number of piperidine rings is 1. The zero-order valence-electron chi connectivity index (χ0n) is 5.69. The summed E-state index contributed by atoms with van der Waals surface area (Å²) in [5, 5.41) is 6.84. The zero-order chi connectivity index (χ0) is 6.10. The van der Waals surface area contributed by atoms with E-state index < -0.39 is 0 Å². The van der Waals surface area contributed by atoms with Gasteiger partial charge >= 0.3 is 0 Å². The lowest BCUT2D eigenvalue weighted by atomic mass is 9.90. The molecule has 0 aromatic heterocycles. The van der Waals surface area contributed by atoms with Crippen molar-refractivity contribution in [2.75, 3.05) is 26.2 Å². The molecule has 0 aromatic rings. The predicted octanol–water partition coefficient (Wildman–Crippen LogP) is -0.185. The fourth-order valence-electron chi connectivity index (χ4n) is 1.94. The number of hydrogen-bond donors (Lipinski definition) is 2. The molecule has 2 rings (SSSR count). The molecule has 52 valence electrons. The van der Waals surface area contributed by atoms with Gasteiger partial charge in [0, 0.05) is 0 Å². The van der Waals surface area contributed by atoms with Gasteiger partial charge in [-0.2, -0.15) is 0 Å². The summed E-state index contributed by atoms with van der Waals surface area (Å²) in [6.07, 6.45) is 1.39. The smallest absolute Gasteiger partial charge is 0.000511 e. The second-order valence-electron chi connectivity index (χ2n) is 3.17. The Hall–Kier alpha value is -0.0800. The van der Waals surface area contributed by atoms with Crippen LogP contribution in [0.4, 0.5) is 0 Å². The summed E-state index contributed by atoms with van der Waals surface area (Å²) >= 11 is 0. The Morgan fingerprint density at radius 1 is 0.889 bits per heavy atom. The molecular weight excluding hydrogens is 112 g/mol. The molecule has 2 aliphatic heterocycles. The summed E-state index contributed by atoms with van der Waals surface area (Å²) < 4.78 is 0. The van der Waals surface area contributed by atoms with Crippen molar-refractivity contribution >= 4 is 0 Å². The molecule has 2 nitrogen and oxygen atoms in total. The van der Waals surface area contributed by atoms with Crippen LogP contribution in [0.25, 0.3) is 0 Å². The predicted molar refractivity (Wildman–Crippen MR) is 37.3 cm³/mol. The first-order chi connectivity index (χ1) is 4.47. The van der Waals surface area contributed by atoms with Gasteiger partial charge in [0.25, 0.3) is 0 Å². The van der Waals surface area contributed by atoms with Gasteiger partial charge in [-0.15, -0.1) is 0 Å². The second-order valence-corrected chi connectivity index (χ2v) is 3.17. The van der Waals surface area contributed by atoms with Crippen molar-refractivity contribution in [1.29, 1.82) is 0 Å². The van der Waals surface area contributed by atoms with E-state index in [0.29, 0.717) is 0 Å². The van der Waals surface area contributed by atoms with Crippen molar-refractivity contribution in [2.24, 2.45) is 11.8 Å². The Morgan fingerprint density at radius 3 is 2.56 bits per heavy atom. The summed E-state index contributed by atoms with van der Waals surface area (Å²) in [6.45, 7) is 5.00. The Balaban J connectivity index is 1.97. The van der Waals surface area contributed by atoms with Gasteiger partial charge in [0.05, 0.1) is 0 Å². The molecule has 0 spiro atoms. The summed E-state index contributed by atoms with van der Waals surface area (Å²) in [6, 6.07) is 0. The minimum atomic E-state index is 0.943. The second kappa shape index (κ2) is 2.27. The topological polar surface area (TPSA) is 24.1 Å². The van der Waals surface area contributed by atoms with E-state index in [1.807, 2.05) is 0 Å². The van der Waals surface area contributed by atoms with E-state index in [4.69, 9.17) is 0 Å². The van der Waals surface area contributed by atoms with Crippen LogP contribution in [0.5, 0.6) is 0 Å². The largest absolute Gasteiger partial charge is 0.316 e. The lowest BCUT2D eigenvalue weighted by molar-refractivity contribution is 0.318. The summed E-state index contributed by atoms with van der Waals surface area (Å²) in [7, 11) is 0. The average molecular weight is 126 g/mol. The van der Waals surface area contributed by atoms with Gasteiger partial charge in [0.2, 0.25) is 0 Å². The minimum Gasteiger partial charge on any atom is -0.316 e. The van der Waals surface area contributed by atoms with E-state index in [9.17, 15) is 0 Å². The van der Waals surface area contributed by atoms with Crippen molar-refractivity contribution in [1.82, 2.24) is 10.6 Å². The fraction of sp³-hybridized carbons (Fsp3) is 1.00. The van der Waals surface area contributed by atoms with Crippen molar-refractivity contribution in [3.8, 4) is 0 Å². The zero-order valence-corrected chi connectivity index (χ0v) is 5.69. The molecule has 0 unspecified atom stereocenters. The third kappa shape index (κ3) is 0.970. The number of hydrogen-bond acceptors (Lipinski definition) is 2. The van der Waals surface area contributed by atoms with Gasteiger partial charge in [-0.05, 0) is 44.4 Å². The maximum Gasteiger partial charge on any atom is -0.000511 e. The van der Waals surface area contributed by atoms with Crippen molar-refractivity contribution in [3.05, 3.63) is 0 Å².